The highest BCUT2D eigenvalue weighted by Gasteiger charge is 2.65. The molecule has 5 rings (SSSR count). The van der Waals surface area contributed by atoms with E-state index >= 15 is 0 Å². The summed E-state index contributed by atoms with van der Waals surface area (Å²) < 4.78 is 0.981. The molecule has 1 saturated carbocycles. The van der Waals surface area contributed by atoms with Crippen LogP contribution < -0.4 is 5.32 Å². The minimum Gasteiger partial charge on any atom is -0.325 e. The van der Waals surface area contributed by atoms with Crippen LogP contribution in [0.1, 0.15) is 29.0 Å². The summed E-state index contributed by atoms with van der Waals surface area (Å²) >= 11 is 2.23. The van der Waals surface area contributed by atoms with Crippen LogP contribution in [0.4, 0.5) is 5.69 Å². The highest BCUT2D eigenvalue weighted by Crippen LogP contribution is 2.65. The number of aromatic amines is 1. The van der Waals surface area contributed by atoms with Gasteiger partial charge >= 0.3 is 0 Å². The molecule has 2 aromatic carbocycles. The van der Waals surface area contributed by atoms with Crippen LogP contribution >= 0.6 is 22.6 Å². The molecule has 1 fully saturated rings. The van der Waals surface area contributed by atoms with E-state index in [1.165, 1.54) is 11.1 Å². The summed E-state index contributed by atoms with van der Waals surface area (Å²) in [4.78, 5) is 12.6. The van der Waals surface area contributed by atoms with Gasteiger partial charge in [0.25, 0.3) is 0 Å². The third-order valence-corrected chi connectivity index (χ3v) is 6.03. The Kier molecular flexibility index (Phi) is 2.56. The Morgan fingerprint density at radius 2 is 2.13 bits per heavy atom. The van der Waals surface area contributed by atoms with Crippen molar-refractivity contribution in [2.24, 2.45) is 0 Å². The molecule has 2 atom stereocenters. The van der Waals surface area contributed by atoms with Crippen molar-refractivity contribution >= 4 is 45.1 Å². The molecule has 2 aliphatic rings. The summed E-state index contributed by atoms with van der Waals surface area (Å²) in [5, 5.41) is 11.5. The molecule has 1 aliphatic heterocycles. The van der Waals surface area contributed by atoms with Crippen LogP contribution in [0, 0.1) is 10.6 Å². The molecule has 0 radical (unpaired) electrons. The maximum Gasteiger partial charge on any atom is 0.235 e. The van der Waals surface area contributed by atoms with E-state index in [1.807, 2.05) is 12.1 Å². The number of hydrogen-bond acceptors (Lipinski definition) is 2. The average Bonchev–Trinajstić information content (AvgIpc) is 3.12. The molecule has 1 aromatic heterocycles. The van der Waals surface area contributed by atoms with Gasteiger partial charge in [-0.3, -0.25) is 9.89 Å². The van der Waals surface area contributed by atoms with Crippen LogP contribution in [-0.2, 0) is 10.2 Å². The van der Waals surface area contributed by atoms with E-state index in [1.54, 1.807) is 0 Å². The molecule has 1 aliphatic carbocycles. The van der Waals surface area contributed by atoms with Crippen molar-refractivity contribution in [3.05, 3.63) is 56.8 Å². The van der Waals surface area contributed by atoms with E-state index in [4.69, 9.17) is 0 Å². The van der Waals surface area contributed by atoms with Gasteiger partial charge in [0.2, 0.25) is 5.91 Å². The zero-order chi connectivity index (χ0) is 15.8. The number of H-pyrrole nitrogens is 1. The van der Waals surface area contributed by atoms with Gasteiger partial charge in [-0.25, -0.2) is 0 Å². The number of nitrogens with one attached hydrogen (secondary N) is 2. The van der Waals surface area contributed by atoms with Crippen molar-refractivity contribution in [2.45, 2.75) is 24.7 Å². The van der Waals surface area contributed by atoms with E-state index < -0.39 is 0 Å². The second-order valence-electron chi connectivity index (χ2n) is 6.55. The molecule has 3 aromatic rings. The van der Waals surface area contributed by atoms with Gasteiger partial charge < -0.3 is 5.32 Å². The minimum atomic E-state index is -0.373. The summed E-state index contributed by atoms with van der Waals surface area (Å²) in [5.74, 6) is 0.387. The summed E-state index contributed by atoms with van der Waals surface area (Å²) in [7, 11) is 0. The van der Waals surface area contributed by atoms with E-state index in [2.05, 4.69) is 69.3 Å². The van der Waals surface area contributed by atoms with Crippen molar-refractivity contribution < 1.29 is 4.79 Å². The number of rotatable bonds is 1. The lowest BCUT2D eigenvalue weighted by Gasteiger charge is -2.09. The van der Waals surface area contributed by atoms with Gasteiger partial charge in [0.15, 0.2) is 0 Å². The van der Waals surface area contributed by atoms with E-state index in [-0.39, 0.29) is 17.2 Å². The average molecular weight is 415 g/mol. The number of hydrogen-bond donors (Lipinski definition) is 2. The van der Waals surface area contributed by atoms with E-state index in [9.17, 15) is 4.79 Å². The zero-order valence-corrected chi connectivity index (χ0v) is 14.6. The number of aryl methyl sites for hydroxylation is 1. The predicted molar refractivity (Wildman–Crippen MR) is 97.7 cm³/mol. The van der Waals surface area contributed by atoms with Crippen molar-refractivity contribution in [3.63, 3.8) is 0 Å². The molecule has 4 nitrogen and oxygen atoms in total. The summed E-state index contributed by atoms with van der Waals surface area (Å²) in [6.45, 7) is 2.08. The molecular weight excluding hydrogens is 401 g/mol. The van der Waals surface area contributed by atoms with Crippen LogP contribution in [0.3, 0.4) is 0 Å². The third kappa shape index (κ3) is 1.71. The minimum absolute atomic E-state index is 0.141. The summed E-state index contributed by atoms with van der Waals surface area (Å²) in [6, 6.07) is 12.6. The number of benzene rings is 2. The van der Waals surface area contributed by atoms with Gasteiger partial charge in [-0.1, -0.05) is 23.8 Å². The molecule has 0 bridgehead atoms. The Bertz CT molecular complexity index is 993. The molecule has 1 unspecified atom stereocenters. The first-order valence-electron chi connectivity index (χ1n) is 7.66. The Hall–Kier alpha value is -1.89. The number of fused-ring (bicyclic) bond motifs is 3. The van der Waals surface area contributed by atoms with Crippen LogP contribution in [0.25, 0.3) is 10.9 Å². The molecule has 1 amide bonds. The van der Waals surface area contributed by atoms with Gasteiger partial charge in [0.05, 0.1) is 10.9 Å². The SMILES string of the molecule is Cc1ccc2c(c1)C1(C[C@H]1c1ccc3c(I)n[nH]c3c1)C(=O)N2. The lowest BCUT2D eigenvalue weighted by atomic mass is 9.91. The Morgan fingerprint density at radius 3 is 3.00 bits per heavy atom. The lowest BCUT2D eigenvalue weighted by Crippen LogP contribution is -2.21. The zero-order valence-electron chi connectivity index (χ0n) is 12.5. The first kappa shape index (κ1) is 13.5. The second kappa shape index (κ2) is 4.35. The number of aromatic nitrogens is 2. The normalized spacial score (nSPS) is 25.0. The first-order valence-corrected chi connectivity index (χ1v) is 8.73. The number of nitrogens with zero attached hydrogens (tertiary/aromatic N) is 1. The molecule has 1 spiro atoms. The number of anilines is 1. The topological polar surface area (TPSA) is 57.8 Å². The highest BCUT2D eigenvalue weighted by atomic mass is 127. The Balaban J connectivity index is 1.62. The fourth-order valence-corrected chi connectivity index (χ4v) is 4.52. The number of amides is 1. The molecule has 2 N–H and O–H groups in total. The van der Waals surface area contributed by atoms with Crippen molar-refractivity contribution in [3.8, 4) is 0 Å². The van der Waals surface area contributed by atoms with Crippen LogP contribution in [0.2, 0.25) is 0 Å². The standard InChI is InChI=1S/C18H14IN3O/c1-9-2-5-14-12(6-9)18(17(23)20-14)8-13(18)10-3-4-11-15(7-10)21-22-16(11)19/h2-7,13H,8H2,1H3,(H,20,23)(H,21,22)/t13-,18?/m0/s1. The summed E-state index contributed by atoms with van der Waals surface area (Å²) in [6.07, 6.45) is 0.881. The molecular formula is C18H14IN3O. The number of carbonyl (C=O) groups excluding carboxylic acids is 1. The Labute approximate surface area is 146 Å². The smallest absolute Gasteiger partial charge is 0.235 e. The third-order valence-electron chi connectivity index (χ3n) is 5.21. The molecule has 2 heterocycles. The predicted octanol–water partition coefficient (Wildman–Crippen LogP) is 3.85. The van der Waals surface area contributed by atoms with Gasteiger partial charge in [0, 0.05) is 17.0 Å². The van der Waals surface area contributed by atoms with E-state index in [0.717, 1.165) is 32.3 Å². The molecule has 0 saturated heterocycles. The second-order valence-corrected chi connectivity index (χ2v) is 7.57. The van der Waals surface area contributed by atoms with E-state index in [0.29, 0.717) is 0 Å². The molecule has 5 heteroatoms. The maximum atomic E-state index is 12.6. The number of halogens is 1. The first-order chi connectivity index (χ1) is 11.1. The maximum absolute atomic E-state index is 12.6. The monoisotopic (exact) mass is 415 g/mol. The molecule has 23 heavy (non-hydrogen) atoms. The van der Waals surface area contributed by atoms with Crippen LogP contribution in [-0.4, -0.2) is 16.1 Å². The van der Waals surface area contributed by atoms with Crippen LogP contribution in [0.15, 0.2) is 36.4 Å². The Morgan fingerprint density at radius 1 is 1.26 bits per heavy atom. The van der Waals surface area contributed by atoms with Gasteiger partial charge in [-0.05, 0) is 65.3 Å². The van der Waals surface area contributed by atoms with Crippen LogP contribution in [0.5, 0.6) is 0 Å². The fraction of sp³-hybridized carbons (Fsp3) is 0.222. The number of carbonyl (C=O) groups is 1. The van der Waals surface area contributed by atoms with Crippen molar-refractivity contribution in [2.75, 3.05) is 5.32 Å². The fourth-order valence-electron chi connectivity index (χ4n) is 3.93. The van der Waals surface area contributed by atoms with Gasteiger partial charge in [0.1, 0.15) is 3.70 Å². The van der Waals surface area contributed by atoms with Gasteiger partial charge in [-0.15, -0.1) is 0 Å². The highest BCUT2D eigenvalue weighted by molar-refractivity contribution is 14.1. The lowest BCUT2D eigenvalue weighted by molar-refractivity contribution is -0.118. The largest absolute Gasteiger partial charge is 0.325 e. The molecule has 114 valence electrons. The van der Waals surface area contributed by atoms with Gasteiger partial charge in [-0.2, -0.15) is 5.10 Å². The van der Waals surface area contributed by atoms with Crippen molar-refractivity contribution in [1.82, 2.24) is 10.2 Å². The quantitative estimate of drug-likeness (QED) is 0.594. The van der Waals surface area contributed by atoms with Crippen molar-refractivity contribution in [1.29, 1.82) is 0 Å². The summed E-state index contributed by atoms with van der Waals surface area (Å²) in [5.41, 5.74) is 5.21.